The first kappa shape index (κ1) is 5.91. The Morgan fingerprint density at radius 1 is 1.60 bits per heavy atom. The molecule has 5 heteroatoms. The average molecular weight is 201 g/mol. The van der Waals surface area contributed by atoms with Gasteiger partial charge in [-0.2, -0.15) is 5.10 Å². The second-order valence-electron chi connectivity index (χ2n) is 1.97. The van der Waals surface area contributed by atoms with E-state index in [1.807, 2.05) is 16.2 Å². The lowest BCUT2D eigenvalue weighted by Crippen LogP contribution is -2.16. The van der Waals surface area contributed by atoms with Gasteiger partial charge in [-0.05, 0) is 6.08 Å². The van der Waals surface area contributed by atoms with Crippen molar-refractivity contribution < 1.29 is 0 Å². The van der Waals surface area contributed by atoms with E-state index < -0.39 is 0 Å². The molecular formula is C5H5BrN4. The second-order valence-corrected chi connectivity index (χ2v) is 2.89. The summed E-state index contributed by atoms with van der Waals surface area (Å²) in [5, 5.41) is 3.99. The third-order valence-electron chi connectivity index (χ3n) is 1.30. The van der Waals surface area contributed by atoms with Gasteiger partial charge in [-0.3, -0.25) is 3.93 Å². The lowest BCUT2D eigenvalue weighted by atomic mass is 10.5. The van der Waals surface area contributed by atoms with Crippen molar-refractivity contribution in [2.75, 3.05) is 0 Å². The fraction of sp³-hybridized carbons (Fsp3) is 0.200. The van der Waals surface area contributed by atoms with E-state index in [1.165, 1.54) is 0 Å². The molecule has 0 spiro atoms. The Labute approximate surface area is 66.5 Å². The van der Waals surface area contributed by atoms with Crippen LogP contribution < -0.4 is 0 Å². The Bertz CT molecular complexity index is 266. The highest BCUT2D eigenvalue weighted by Crippen LogP contribution is 2.11. The van der Waals surface area contributed by atoms with Crippen LogP contribution in [0.4, 0.5) is 0 Å². The standard InChI is InChI=1S/C5H5BrN4/c6-9-2-1-5-7-3-8-10(5)4-9/h1-3H,4H2. The molecule has 0 aromatic carbocycles. The summed E-state index contributed by atoms with van der Waals surface area (Å²) < 4.78 is 3.66. The Hall–Kier alpha value is -0.840. The molecule has 0 saturated heterocycles. The fourth-order valence-corrected chi connectivity index (χ4v) is 1.16. The van der Waals surface area contributed by atoms with Crippen LogP contribution in [-0.4, -0.2) is 18.7 Å². The van der Waals surface area contributed by atoms with Crippen LogP contribution in [0.25, 0.3) is 6.08 Å². The monoisotopic (exact) mass is 200 g/mol. The van der Waals surface area contributed by atoms with Crippen molar-refractivity contribution in [3.63, 3.8) is 0 Å². The molecule has 0 unspecified atom stereocenters. The lowest BCUT2D eigenvalue weighted by Gasteiger charge is -2.15. The summed E-state index contributed by atoms with van der Waals surface area (Å²) in [5.41, 5.74) is 0. The molecule has 1 aliphatic rings. The van der Waals surface area contributed by atoms with Gasteiger partial charge in [0.25, 0.3) is 0 Å². The maximum atomic E-state index is 4.01. The van der Waals surface area contributed by atoms with E-state index in [4.69, 9.17) is 0 Å². The van der Waals surface area contributed by atoms with Crippen LogP contribution in [0.1, 0.15) is 5.82 Å². The van der Waals surface area contributed by atoms with E-state index in [9.17, 15) is 0 Å². The van der Waals surface area contributed by atoms with Crippen LogP contribution in [0.15, 0.2) is 12.5 Å². The van der Waals surface area contributed by atoms with Crippen molar-refractivity contribution in [2.24, 2.45) is 0 Å². The fourth-order valence-electron chi connectivity index (χ4n) is 0.834. The van der Waals surface area contributed by atoms with Gasteiger partial charge in [-0.1, -0.05) is 0 Å². The molecule has 4 nitrogen and oxygen atoms in total. The molecule has 1 aliphatic heterocycles. The minimum atomic E-state index is 0.714. The van der Waals surface area contributed by atoms with Crippen molar-refractivity contribution >= 4 is 22.2 Å². The Balaban J connectivity index is 2.43. The molecule has 0 bridgehead atoms. The van der Waals surface area contributed by atoms with Crippen LogP contribution in [0.5, 0.6) is 0 Å². The number of aromatic nitrogens is 3. The van der Waals surface area contributed by atoms with Crippen molar-refractivity contribution in [3.8, 4) is 0 Å². The number of fused-ring (bicyclic) bond motifs is 1. The molecule has 0 N–H and O–H groups in total. The smallest absolute Gasteiger partial charge is 0.154 e. The first-order chi connectivity index (χ1) is 4.86. The summed E-state index contributed by atoms with van der Waals surface area (Å²) in [6, 6.07) is 0. The molecule has 0 aliphatic carbocycles. The lowest BCUT2D eigenvalue weighted by molar-refractivity contribution is 0.446. The summed E-state index contributed by atoms with van der Waals surface area (Å²) in [7, 11) is 0. The van der Waals surface area contributed by atoms with Crippen molar-refractivity contribution in [3.05, 3.63) is 18.4 Å². The molecule has 52 valence electrons. The van der Waals surface area contributed by atoms with E-state index in [0.717, 1.165) is 5.82 Å². The predicted octanol–water partition coefficient (Wildman–Crippen LogP) is 0.832. The van der Waals surface area contributed by atoms with Crippen molar-refractivity contribution in [1.82, 2.24) is 18.7 Å². The molecule has 0 fully saturated rings. The highest BCUT2D eigenvalue weighted by Gasteiger charge is 2.07. The molecule has 0 saturated carbocycles. The number of halogens is 1. The van der Waals surface area contributed by atoms with Gasteiger partial charge in [0, 0.05) is 6.20 Å². The van der Waals surface area contributed by atoms with Crippen LogP contribution in [-0.2, 0) is 6.67 Å². The molecular weight excluding hydrogens is 196 g/mol. The second kappa shape index (κ2) is 2.09. The first-order valence-electron chi connectivity index (χ1n) is 2.85. The zero-order valence-electron chi connectivity index (χ0n) is 5.11. The zero-order chi connectivity index (χ0) is 6.97. The normalized spacial score (nSPS) is 15.5. The van der Waals surface area contributed by atoms with Gasteiger partial charge in [-0.15, -0.1) is 0 Å². The van der Waals surface area contributed by atoms with E-state index in [0.29, 0.717) is 6.67 Å². The SMILES string of the molecule is BrN1C=Cc2ncnn2C1. The van der Waals surface area contributed by atoms with Gasteiger partial charge >= 0.3 is 0 Å². The molecule has 1 aromatic rings. The van der Waals surface area contributed by atoms with Gasteiger partial charge in [0.05, 0.1) is 16.1 Å². The molecule has 0 atom stereocenters. The van der Waals surface area contributed by atoms with Crippen LogP contribution >= 0.6 is 16.1 Å². The van der Waals surface area contributed by atoms with Crippen LogP contribution in [0, 0.1) is 0 Å². The minimum absolute atomic E-state index is 0.714. The van der Waals surface area contributed by atoms with E-state index in [-0.39, 0.29) is 0 Å². The van der Waals surface area contributed by atoms with Crippen molar-refractivity contribution in [2.45, 2.75) is 6.67 Å². The molecule has 10 heavy (non-hydrogen) atoms. The summed E-state index contributed by atoms with van der Waals surface area (Å²) >= 11 is 3.30. The van der Waals surface area contributed by atoms with E-state index in [2.05, 4.69) is 26.2 Å². The Morgan fingerprint density at radius 2 is 2.50 bits per heavy atom. The molecule has 1 aromatic heterocycles. The van der Waals surface area contributed by atoms with Crippen LogP contribution in [0.3, 0.4) is 0 Å². The maximum Gasteiger partial charge on any atom is 0.154 e. The van der Waals surface area contributed by atoms with Crippen LogP contribution in [0.2, 0.25) is 0 Å². The zero-order valence-corrected chi connectivity index (χ0v) is 6.69. The van der Waals surface area contributed by atoms with Crippen molar-refractivity contribution in [1.29, 1.82) is 0 Å². The maximum absolute atomic E-state index is 4.01. The Morgan fingerprint density at radius 3 is 3.40 bits per heavy atom. The summed E-state index contributed by atoms with van der Waals surface area (Å²) in [5.74, 6) is 0.899. The third-order valence-corrected chi connectivity index (χ3v) is 1.76. The summed E-state index contributed by atoms with van der Waals surface area (Å²) in [6.45, 7) is 0.714. The minimum Gasteiger partial charge on any atom is -0.295 e. The van der Waals surface area contributed by atoms with E-state index >= 15 is 0 Å². The molecule has 0 radical (unpaired) electrons. The number of hydrogen-bond acceptors (Lipinski definition) is 3. The Kier molecular flexibility index (Phi) is 1.23. The average Bonchev–Trinajstić information content (AvgIpc) is 2.33. The number of rotatable bonds is 0. The van der Waals surface area contributed by atoms with E-state index in [1.54, 1.807) is 11.0 Å². The van der Waals surface area contributed by atoms with Gasteiger partial charge in [-0.25, -0.2) is 9.67 Å². The van der Waals surface area contributed by atoms with Gasteiger partial charge in [0.2, 0.25) is 0 Å². The third kappa shape index (κ3) is 0.824. The topological polar surface area (TPSA) is 34.0 Å². The van der Waals surface area contributed by atoms with Gasteiger partial charge in [0.15, 0.2) is 5.82 Å². The predicted molar refractivity (Wildman–Crippen MR) is 39.8 cm³/mol. The highest BCUT2D eigenvalue weighted by molar-refractivity contribution is 9.07. The first-order valence-corrected chi connectivity index (χ1v) is 3.55. The largest absolute Gasteiger partial charge is 0.295 e. The molecule has 0 amide bonds. The number of nitrogens with zero attached hydrogens (tertiary/aromatic N) is 4. The summed E-state index contributed by atoms with van der Waals surface area (Å²) in [6.07, 6.45) is 5.35. The van der Waals surface area contributed by atoms with Gasteiger partial charge in [0.1, 0.15) is 13.0 Å². The quantitative estimate of drug-likeness (QED) is 0.583. The molecule has 2 rings (SSSR count). The van der Waals surface area contributed by atoms with Gasteiger partial charge < -0.3 is 0 Å². The molecule has 2 heterocycles. The highest BCUT2D eigenvalue weighted by atomic mass is 79.9. The summed E-state index contributed by atoms with van der Waals surface area (Å²) in [4.78, 5) is 4.01. The number of hydrogen-bond donors (Lipinski definition) is 0.